The lowest BCUT2D eigenvalue weighted by molar-refractivity contribution is 0.550. The lowest BCUT2D eigenvalue weighted by Crippen LogP contribution is -2.21. The quantitative estimate of drug-likeness (QED) is 0.842. The second-order valence-corrected chi connectivity index (χ2v) is 5.45. The highest BCUT2D eigenvalue weighted by Gasteiger charge is 2.07. The van der Waals surface area contributed by atoms with Crippen LogP contribution in [0.5, 0.6) is 0 Å². The molecule has 0 aliphatic rings. The summed E-state index contributed by atoms with van der Waals surface area (Å²) in [7, 11) is 0. The molecular weight excluding hydrogens is 318 g/mol. The zero-order valence-corrected chi connectivity index (χ0v) is 11.9. The molecule has 1 rings (SSSR count). The van der Waals surface area contributed by atoms with E-state index in [-0.39, 0.29) is 0 Å². The molecule has 0 aliphatic heterocycles. The second kappa shape index (κ2) is 6.46. The number of hydrogen-bond acceptors (Lipinski definition) is 1. The molecule has 0 spiro atoms. The lowest BCUT2D eigenvalue weighted by atomic mass is 10.0. The number of hydrogen-bond donors (Lipinski definition) is 1. The van der Waals surface area contributed by atoms with Gasteiger partial charge in [-0.15, -0.1) is 0 Å². The molecule has 0 fully saturated rings. The average Bonchev–Trinajstić information content (AvgIpc) is 2.21. The van der Waals surface area contributed by atoms with E-state index in [9.17, 15) is 0 Å². The van der Waals surface area contributed by atoms with Crippen LogP contribution in [0.2, 0.25) is 0 Å². The van der Waals surface area contributed by atoms with E-state index < -0.39 is 0 Å². The van der Waals surface area contributed by atoms with Crippen molar-refractivity contribution >= 4 is 31.9 Å². The summed E-state index contributed by atoms with van der Waals surface area (Å²) in [5.74, 6) is 0. The molecule has 0 aliphatic carbocycles. The molecule has 1 aromatic carbocycles. The fraction of sp³-hybridized carbons (Fsp3) is 0.333. The van der Waals surface area contributed by atoms with E-state index in [4.69, 9.17) is 0 Å². The number of halogens is 2. The summed E-state index contributed by atoms with van der Waals surface area (Å²) in [6.45, 7) is 6.79. The smallest absolute Gasteiger partial charge is 0.0320 e. The predicted molar refractivity (Wildman–Crippen MR) is 73.2 cm³/mol. The Bertz CT molecular complexity index is 319. The monoisotopic (exact) mass is 331 g/mol. The molecular formula is C12H15Br2N. The Labute approximate surface area is 108 Å². The van der Waals surface area contributed by atoms with E-state index in [1.807, 2.05) is 0 Å². The first-order valence-electron chi connectivity index (χ1n) is 4.95. The second-order valence-electron chi connectivity index (χ2n) is 3.41. The third-order valence-electron chi connectivity index (χ3n) is 2.22. The van der Waals surface area contributed by atoms with Crippen molar-refractivity contribution in [3.05, 3.63) is 45.4 Å². The van der Waals surface area contributed by atoms with Crippen molar-refractivity contribution in [1.29, 1.82) is 0 Å². The molecule has 0 amide bonds. The van der Waals surface area contributed by atoms with Gasteiger partial charge in [0.15, 0.2) is 0 Å². The molecule has 1 atom stereocenters. The highest BCUT2D eigenvalue weighted by Crippen LogP contribution is 2.19. The van der Waals surface area contributed by atoms with Gasteiger partial charge in [0.05, 0.1) is 0 Å². The molecule has 1 unspecified atom stereocenters. The fourth-order valence-electron chi connectivity index (χ4n) is 1.43. The van der Waals surface area contributed by atoms with Crippen molar-refractivity contribution < 1.29 is 0 Å². The summed E-state index contributed by atoms with van der Waals surface area (Å²) in [5.41, 5.74) is 1.31. The van der Waals surface area contributed by atoms with E-state index in [1.54, 1.807) is 0 Å². The Morgan fingerprint density at radius 2 is 2.00 bits per heavy atom. The van der Waals surface area contributed by atoms with Crippen LogP contribution in [0.3, 0.4) is 0 Å². The predicted octanol–water partition coefficient (Wildman–Crippen LogP) is 4.40. The molecule has 1 aromatic rings. The first kappa shape index (κ1) is 12.9. The van der Waals surface area contributed by atoms with E-state index in [2.05, 4.69) is 74.9 Å². The van der Waals surface area contributed by atoms with Crippen LogP contribution < -0.4 is 5.32 Å². The van der Waals surface area contributed by atoms with Crippen LogP contribution in [0.4, 0.5) is 0 Å². The number of benzene rings is 1. The van der Waals surface area contributed by atoms with Gasteiger partial charge in [0.1, 0.15) is 0 Å². The normalized spacial score (nSPS) is 12.5. The van der Waals surface area contributed by atoms with Crippen LogP contribution in [-0.2, 0) is 0 Å². The van der Waals surface area contributed by atoms with Crippen molar-refractivity contribution in [1.82, 2.24) is 5.32 Å². The van der Waals surface area contributed by atoms with Crippen LogP contribution in [-0.4, -0.2) is 6.54 Å². The Morgan fingerprint density at radius 1 is 1.40 bits per heavy atom. The summed E-state index contributed by atoms with van der Waals surface area (Å²) in [5, 5.41) is 3.44. The van der Waals surface area contributed by atoms with Gasteiger partial charge in [-0.25, -0.2) is 0 Å². The molecule has 0 saturated carbocycles. The summed E-state index contributed by atoms with van der Waals surface area (Å²) in [6, 6.07) is 8.82. The summed E-state index contributed by atoms with van der Waals surface area (Å²) >= 11 is 6.79. The lowest BCUT2D eigenvalue weighted by Gasteiger charge is -2.17. The van der Waals surface area contributed by atoms with Gasteiger partial charge in [-0.3, -0.25) is 0 Å². The van der Waals surface area contributed by atoms with Gasteiger partial charge >= 0.3 is 0 Å². The molecule has 3 heteroatoms. The molecule has 0 heterocycles. The zero-order valence-electron chi connectivity index (χ0n) is 8.76. The highest BCUT2D eigenvalue weighted by molar-refractivity contribution is 9.11. The standard InChI is InChI=1S/C12H15Br2N/c1-3-12(15-8-9(2)13)10-4-6-11(14)7-5-10/h4-7,12,15H,2-3,8H2,1H3. The summed E-state index contributed by atoms with van der Waals surface area (Å²) in [4.78, 5) is 0. The molecule has 1 N–H and O–H groups in total. The minimum Gasteiger partial charge on any atom is -0.305 e. The van der Waals surface area contributed by atoms with Gasteiger partial charge in [-0.2, -0.15) is 0 Å². The highest BCUT2D eigenvalue weighted by atomic mass is 79.9. The van der Waals surface area contributed by atoms with Crippen molar-refractivity contribution in [2.45, 2.75) is 19.4 Å². The zero-order chi connectivity index (χ0) is 11.3. The molecule has 82 valence electrons. The van der Waals surface area contributed by atoms with Crippen LogP contribution in [0.1, 0.15) is 24.9 Å². The maximum absolute atomic E-state index is 3.82. The molecule has 0 bridgehead atoms. The molecule has 1 nitrogen and oxygen atoms in total. The topological polar surface area (TPSA) is 12.0 Å². The third-order valence-corrected chi connectivity index (χ3v) is 3.03. The van der Waals surface area contributed by atoms with E-state index in [0.29, 0.717) is 6.04 Å². The first-order chi connectivity index (χ1) is 7.13. The van der Waals surface area contributed by atoms with Crippen LogP contribution >= 0.6 is 31.9 Å². The van der Waals surface area contributed by atoms with E-state index in [0.717, 1.165) is 21.9 Å². The van der Waals surface area contributed by atoms with E-state index in [1.165, 1.54) is 5.56 Å². The van der Waals surface area contributed by atoms with Gasteiger partial charge in [-0.1, -0.05) is 57.5 Å². The van der Waals surface area contributed by atoms with Crippen molar-refractivity contribution in [3.8, 4) is 0 Å². The van der Waals surface area contributed by atoms with Crippen molar-refractivity contribution in [3.63, 3.8) is 0 Å². The average molecular weight is 333 g/mol. The van der Waals surface area contributed by atoms with Crippen LogP contribution in [0.15, 0.2) is 39.8 Å². The Kier molecular flexibility index (Phi) is 5.58. The Balaban J connectivity index is 2.65. The van der Waals surface area contributed by atoms with Crippen molar-refractivity contribution in [2.24, 2.45) is 0 Å². The number of nitrogens with one attached hydrogen (secondary N) is 1. The minimum absolute atomic E-state index is 0.396. The molecule has 0 saturated heterocycles. The maximum Gasteiger partial charge on any atom is 0.0320 e. The summed E-state index contributed by atoms with van der Waals surface area (Å²) in [6.07, 6.45) is 1.07. The SMILES string of the molecule is C=C(Br)CNC(CC)c1ccc(Br)cc1. The van der Waals surface area contributed by atoms with Crippen LogP contribution in [0.25, 0.3) is 0 Å². The van der Waals surface area contributed by atoms with Gasteiger partial charge in [0.25, 0.3) is 0 Å². The largest absolute Gasteiger partial charge is 0.305 e. The van der Waals surface area contributed by atoms with Gasteiger partial charge < -0.3 is 5.32 Å². The minimum atomic E-state index is 0.396. The van der Waals surface area contributed by atoms with Crippen LogP contribution in [0, 0.1) is 0 Å². The van der Waals surface area contributed by atoms with Gasteiger partial charge in [0, 0.05) is 21.5 Å². The van der Waals surface area contributed by atoms with Gasteiger partial charge in [0.2, 0.25) is 0 Å². The fourth-order valence-corrected chi connectivity index (χ4v) is 1.85. The molecule has 15 heavy (non-hydrogen) atoms. The Hall–Kier alpha value is -0.120. The maximum atomic E-state index is 3.82. The first-order valence-corrected chi connectivity index (χ1v) is 6.54. The van der Waals surface area contributed by atoms with Gasteiger partial charge in [-0.05, 0) is 24.1 Å². The molecule has 0 aromatic heterocycles. The number of rotatable bonds is 5. The summed E-state index contributed by atoms with van der Waals surface area (Å²) < 4.78 is 2.10. The Morgan fingerprint density at radius 3 is 2.47 bits per heavy atom. The third kappa shape index (κ3) is 4.49. The van der Waals surface area contributed by atoms with E-state index >= 15 is 0 Å². The van der Waals surface area contributed by atoms with Crippen molar-refractivity contribution in [2.75, 3.05) is 6.54 Å². The molecule has 0 radical (unpaired) electrons.